The summed E-state index contributed by atoms with van der Waals surface area (Å²) < 4.78 is 82.0. The molecule has 6 saturated heterocycles. The molecule has 0 amide bonds. The number of rotatable bonds is 25. The van der Waals surface area contributed by atoms with Crippen LogP contribution in [0.1, 0.15) is 209 Å². The smallest absolute Gasteiger partial charge is 0.306 e. The van der Waals surface area contributed by atoms with E-state index in [0.717, 1.165) is 103 Å². The number of unbranched alkanes of at least 4 members (excludes halogenated alkanes) is 10. The number of aliphatic hydroxyl groups is 9. The van der Waals surface area contributed by atoms with Crippen LogP contribution in [0.4, 0.5) is 0 Å². The van der Waals surface area contributed by atoms with E-state index < -0.39 is 178 Å². The van der Waals surface area contributed by atoms with Crippen molar-refractivity contribution in [2.75, 3.05) is 6.61 Å². The Kier molecular flexibility index (Phi) is 31.7. The minimum absolute atomic E-state index is 0.0357. The van der Waals surface area contributed by atoms with E-state index in [2.05, 4.69) is 13.8 Å². The molecule has 6 rings (SSSR count). The molecule has 0 aromatic carbocycles. The van der Waals surface area contributed by atoms with Crippen LogP contribution in [0.15, 0.2) is 0 Å². The lowest BCUT2D eigenvalue weighted by Crippen LogP contribution is -2.68. The first-order chi connectivity index (χ1) is 41.7. The lowest BCUT2D eigenvalue weighted by molar-refractivity contribution is -0.400. The standard InChI is InChI=1S/C62H108O25/c1-8-11-14-15-17-21-27-32-42(66)83-57-56(87-59-48(72)45(69)44(68)39(33-63)80-59)53(85-58-49(73)47(71)51(35(5)76-58)81-40(64)30-24-13-10-3)37(7)78-62(57)84-52-36(6)77-61-55(50(52)74)82-41(65)31-26-22-19-16-18-20-25-29-38(28-23-12-9-2)79-60-54(86-61)46(70)43(67)34(4)75-60/h34-39,43-63,67-74H,8-33H2,1-7H3. The molecule has 506 valence electrons. The van der Waals surface area contributed by atoms with E-state index in [1.165, 1.54) is 20.8 Å². The number of aliphatic hydroxyl groups excluding tert-OH is 9. The fourth-order valence-corrected chi connectivity index (χ4v) is 12.3. The van der Waals surface area contributed by atoms with Crippen LogP contribution in [0.2, 0.25) is 0 Å². The highest BCUT2D eigenvalue weighted by Gasteiger charge is 2.59. The predicted octanol–water partition coefficient (Wildman–Crippen LogP) is 4.06. The maximum atomic E-state index is 14.3. The fraction of sp³-hybridized carbons (Fsp3) is 0.952. The Bertz CT molecular complexity index is 1970. The van der Waals surface area contributed by atoms with Gasteiger partial charge in [0, 0.05) is 19.3 Å². The summed E-state index contributed by atoms with van der Waals surface area (Å²) in [7, 11) is 0. The quantitative estimate of drug-likeness (QED) is 0.0353. The van der Waals surface area contributed by atoms with Crippen molar-refractivity contribution in [1.82, 2.24) is 0 Å². The van der Waals surface area contributed by atoms with Crippen LogP contribution in [0.5, 0.6) is 0 Å². The van der Waals surface area contributed by atoms with Crippen LogP contribution in [0, 0.1) is 0 Å². The Hall–Kier alpha value is -2.35. The summed E-state index contributed by atoms with van der Waals surface area (Å²) in [4.78, 5) is 41.0. The van der Waals surface area contributed by atoms with E-state index in [1.54, 1.807) is 6.92 Å². The monoisotopic (exact) mass is 1250 g/mol. The normalized spacial score (nSPS) is 41.3. The Morgan fingerprint density at radius 1 is 0.437 bits per heavy atom. The first kappa shape index (κ1) is 73.7. The molecule has 6 aliphatic heterocycles. The molecule has 26 unspecified atom stereocenters. The van der Waals surface area contributed by atoms with Crippen molar-refractivity contribution in [2.24, 2.45) is 0 Å². The average molecular weight is 1250 g/mol. The van der Waals surface area contributed by atoms with Gasteiger partial charge in [-0.25, -0.2) is 0 Å². The van der Waals surface area contributed by atoms with Gasteiger partial charge in [-0.1, -0.05) is 130 Å². The molecule has 25 heteroatoms. The second-order valence-corrected chi connectivity index (χ2v) is 24.9. The van der Waals surface area contributed by atoms with Crippen molar-refractivity contribution in [1.29, 1.82) is 0 Å². The minimum Gasteiger partial charge on any atom is -0.457 e. The Morgan fingerprint density at radius 3 is 1.62 bits per heavy atom. The second-order valence-electron chi connectivity index (χ2n) is 24.9. The zero-order chi connectivity index (χ0) is 63.3. The van der Waals surface area contributed by atoms with E-state index in [-0.39, 0.29) is 25.4 Å². The van der Waals surface area contributed by atoms with Gasteiger partial charge in [0.2, 0.25) is 0 Å². The summed E-state index contributed by atoms with van der Waals surface area (Å²) in [5.41, 5.74) is 0. The molecule has 0 saturated carbocycles. The van der Waals surface area contributed by atoms with E-state index in [4.69, 9.17) is 61.6 Å². The van der Waals surface area contributed by atoms with Gasteiger partial charge in [-0.15, -0.1) is 0 Å². The van der Waals surface area contributed by atoms with Gasteiger partial charge in [0.15, 0.2) is 49.8 Å². The molecule has 87 heavy (non-hydrogen) atoms. The Morgan fingerprint density at radius 2 is 0.943 bits per heavy atom. The molecule has 0 aromatic rings. The fourth-order valence-electron chi connectivity index (χ4n) is 12.3. The van der Waals surface area contributed by atoms with Gasteiger partial charge >= 0.3 is 17.9 Å². The van der Waals surface area contributed by atoms with Crippen molar-refractivity contribution < 1.29 is 122 Å². The van der Waals surface area contributed by atoms with Crippen molar-refractivity contribution in [3.05, 3.63) is 0 Å². The third-order valence-electron chi connectivity index (χ3n) is 17.7. The van der Waals surface area contributed by atoms with Gasteiger partial charge in [0.05, 0.1) is 37.1 Å². The van der Waals surface area contributed by atoms with Gasteiger partial charge in [0.1, 0.15) is 79.4 Å². The molecule has 26 atom stereocenters. The number of carbonyl (C=O) groups is 3. The highest BCUT2D eigenvalue weighted by molar-refractivity contribution is 5.70. The van der Waals surface area contributed by atoms with Crippen LogP contribution in [-0.4, -0.2) is 230 Å². The van der Waals surface area contributed by atoms with E-state index in [0.29, 0.717) is 38.5 Å². The zero-order valence-electron chi connectivity index (χ0n) is 52.5. The lowest BCUT2D eigenvalue weighted by atomic mass is 9.95. The average Bonchev–Trinajstić information content (AvgIpc) is 2.01. The first-order valence-electron chi connectivity index (χ1n) is 32.9. The van der Waals surface area contributed by atoms with Crippen LogP contribution in [-0.2, 0) is 76.0 Å². The number of hydrogen-bond acceptors (Lipinski definition) is 25. The van der Waals surface area contributed by atoms with Crippen molar-refractivity contribution in [2.45, 2.75) is 369 Å². The predicted molar refractivity (Wildman–Crippen MR) is 308 cm³/mol. The van der Waals surface area contributed by atoms with Gasteiger partial charge in [0.25, 0.3) is 0 Å². The van der Waals surface area contributed by atoms with Gasteiger partial charge in [-0.3, -0.25) is 14.4 Å². The molecular weight excluding hydrogens is 1140 g/mol. The maximum absolute atomic E-state index is 14.3. The summed E-state index contributed by atoms with van der Waals surface area (Å²) in [5.74, 6) is -2.10. The molecule has 0 bridgehead atoms. The van der Waals surface area contributed by atoms with Gasteiger partial charge in [-0.2, -0.15) is 0 Å². The van der Waals surface area contributed by atoms with E-state index >= 15 is 0 Å². The lowest BCUT2D eigenvalue weighted by Gasteiger charge is -2.51. The summed E-state index contributed by atoms with van der Waals surface area (Å²) in [6, 6.07) is 0. The summed E-state index contributed by atoms with van der Waals surface area (Å²) in [6.07, 6.45) is -21.5. The molecule has 6 aliphatic rings. The topological polar surface area (TPSA) is 353 Å². The van der Waals surface area contributed by atoms with E-state index in [1.807, 2.05) is 6.92 Å². The summed E-state index contributed by atoms with van der Waals surface area (Å²) in [5, 5.41) is 102. The zero-order valence-corrected chi connectivity index (χ0v) is 52.5. The highest BCUT2D eigenvalue weighted by atomic mass is 16.8. The number of hydrogen-bond donors (Lipinski definition) is 9. The van der Waals surface area contributed by atoms with Crippen molar-refractivity contribution >= 4 is 17.9 Å². The van der Waals surface area contributed by atoms with Crippen molar-refractivity contribution in [3.8, 4) is 0 Å². The van der Waals surface area contributed by atoms with Crippen LogP contribution >= 0.6 is 0 Å². The molecule has 0 radical (unpaired) electrons. The molecular formula is C62H108O25. The SMILES string of the molecule is CCCCCCCCCC(=O)OC1C(OC2C(C)OC3OC4C(OC(CCCCC)CCCCCCCCCC(=O)OC3C2O)OC(C)C(O)C4O)OC(C)C(OC2OC(C)C(OC(=O)CCCCC)C(O)C2O)C1OC1OC(CO)C(O)C(O)C1O. The molecule has 0 aliphatic carbocycles. The van der Waals surface area contributed by atoms with E-state index in [9.17, 15) is 60.3 Å². The molecule has 9 N–H and O–H groups in total. The highest BCUT2D eigenvalue weighted by Crippen LogP contribution is 2.39. The minimum atomic E-state index is -2.01. The van der Waals surface area contributed by atoms with Crippen molar-refractivity contribution in [3.63, 3.8) is 0 Å². The maximum Gasteiger partial charge on any atom is 0.306 e. The summed E-state index contributed by atoms with van der Waals surface area (Å²) in [6.45, 7) is 11.5. The number of fused-ring (bicyclic) bond motifs is 2. The first-order valence-corrected chi connectivity index (χ1v) is 32.9. The van der Waals surface area contributed by atoms with Gasteiger partial charge in [-0.05, 0) is 59.8 Å². The molecule has 0 spiro atoms. The van der Waals surface area contributed by atoms with Crippen LogP contribution < -0.4 is 0 Å². The van der Waals surface area contributed by atoms with Crippen LogP contribution in [0.3, 0.4) is 0 Å². The third-order valence-corrected chi connectivity index (χ3v) is 17.7. The number of ether oxygens (including phenoxy) is 13. The Balaban J connectivity index is 1.35. The largest absolute Gasteiger partial charge is 0.457 e. The number of carbonyl (C=O) groups excluding carboxylic acids is 3. The number of esters is 3. The Labute approximate surface area is 513 Å². The second kappa shape index (κ2) is 37.4. The summed E-state index contributed by atoms with van der Waals surface area (Å²) >= 11 is 0. The third kappa shape index (κ3) is 21.1. The molecule has 6 fully saturated rings. The molecule has 0 aromatic heterocycles. The molecule has 6 heterocycles. The van der Waals surface area contributed by atoms with Crippen LogP contribution in [0.25, 0.3) is 0 Å². The van der Waals surface area contributed by atoms with Gasteiger partial charge < -0.3 is 108 Å². The molecule has 25 nitrogen and oxygen atoms in total.